The highest BCUT2D eigenvalue weighted by molar-refractivity contribution is 9.10. The van der Waals surface area contributed by atoms with E-state index in [1.807, 2.05) is 25.1 Å². The van der Waals surface area contributed by atoms with Crippen LogP contribution in [0.5, 0.6) is 0 Å². The fourth-order valence-electron chi connectivity index (χ4n) is 3.43. The van der Waals surface area contributed by atoms with Crippen molar-refractivity contribution in [3.05, 3.63) is 34.4 Å². The summed E-state index contributed by atoms with van der Waals surface area (Å²) in [6.45, 7) is 3.63. The normalized spacial score (nSPS) is 17.2. The van der Waals surface area contributed by atoms with Crippen LogP contribution in [0, 0.1) is 0 Å². The number of piperidine rings is 1. The van der Waals surface area contributed by atoms with Crippen LogP contribution >= 0.6 is 15.9 Å². The summed E-state index contributed by atoms with van der Waals surface area (Å²) < 4.78 is 0.703. The summed E-state index contributed by atoms with van der Waals surface area (Å²) in [5.74, 6) is 1.00. The Hall–Kier alpha value is -2.92. The molecule has 0 radical (unpaired) electrons. The van der Waals surface area contributed by atoms with E-state index in [4.69, 9.17) is 5.73 Å². The number of carbonyl (C=O) groups is 2. The second-order valence-electron chi connectivity index (χ2n) is 7.23. The quantitative estimate of drug-likeness (QED) is 0.438. The number of anilines is 4. The molecule has 2 aliphatic heterocycles. The zero-order valence-electron chi connectivity index (χ0n) is 17.2. The molecule has 166 valence electrons. The van der Waals surface area contributed by atoms with Crippen LogP contribution in [0.25, 0.3) is 0 Å². The smallest absolute Gasteiger partial charge is 0.407 e. The van der Waals surface area contributed by atoms with Gasteiger partial charge in [0.25, 0.3) is 0 Å². The average Bonchev–Trinajstić information content (AvgIpc) is 3.10. The van der Waals surface area contributed by atoms with E-state index >= 15 is 0 Å². The van der Waals surface area contributed by atoms with Crippen LogP contribution < -0.4 is 21.7 Å². The summed E-state index contributed by atoms with van der Waals surface area (Å²) in [6, 6.07) is 5.59. The lowest BCUT2D eigenvalue weighted by atomic mass is 10.1. The minimum absolute atomic E-state index is 0.0126. The molecular formula is C20H26BrN7O3. The number of carboxylic acid groups (broad SMARTS) is 1. The maximum atomic E-state index is 11.5. The molecule has 10 nitrogen and oxygen atoms in total. The van der Waals surface area contributed by atoms with E-state index in [0.29, 0.717) is 35.7 Å². The lowest BCUT2D eigenvalue weighted by Gasteiger charge is -2.31. The van der Waals surface area contributed by atoms with Gasteiger partial charge in [0.2, 0.25) is 11.9 Å². The molecule has 1 fully saturated rings. The summed E-state index contributed by atoms with van der Waals surface area (Å²) in [6.07, 6.45) is 2.78. The number of likely N-dealkylation sites (tertiary alicyclic amines) is 1. The van der Waals surface area contributed by atoms with Gasteiger partial charge >= 0.3 is 6.09 Å². The molecule has 3 heterocycles. The van der Waals surface area contributed by atoms with Gasteiger partial charge in [0.15, 0.2) is 0 Å². The van der Waals surface area contributed by atoms with Gasteiger partial charge in [-0.15, -0.1) is 0 Å². The number of halogens is 1. The van der Waals surface area contributed by atoms with Crippen molar-refractivity contribution >= 4 is 51.1 Å². The largest absolute Gasteiger partial charge is 0.465 e. The van der Waals surface area contributed by atoms with Gasteiger partial charge in [0.05, 0.1) is 10.9 Å². The Kier molecular flexibility index (Phi) is 7.64. The zero-order chi connectivity index (χ0) is 22.4. The average molecular weight is 492 g/mol. The summed E-state index contributed by atoms with van der Waals surface area (Å²) in [5.41, 5.74) is 7.40. The van der Waals surface area contributed by atoms with E-state index in [1.54, 1.807) is 6.20 Å². The standard InChI is InChI=1S/C18H19BrN6O3.C2H7N/c19-13-8-20-17(22-11-3-4-14-10(6-11)7-15(26)23-14)24-16(13)21-12-2-1-5-25(9-12)18(27)28;1-2-3/h3-4,6,8,12H,1-2,5,7,9H2,(H,23,26)(H,27,28)(H2,20,21,22,24);2-3H2,1H3. The molecule has 31 heavy (non-hydrogen) atoms. The summed E-state index contributed by atoms with van der Waals surface area (Å²) in [7, 11) is 0. The third-order valence-electron chi connectivity index (χ3n) is 4.76. The molecule has 1 aromatic carbocycles. The Morgan fingerprint density at radius 2 is 2.23 bits per heavy atom. The van der Waals surface area contributed by atoms with Crippen molar-refractivity contribution in [2.45, 2.75) is 32.2 Å². The maximum absolute atomic E-state index is 11.5. The molecule has 2 aliphatic rings. The van der Waals surface area contributed by atoms with Crippen molar-refractivity contribution < 1.29 is 14.7 Å². The second-order valence-corrected chi connectivity index (χ2v) is 8.09. The minimum atomic E-state index is -0.903. The lowest BCUT2D eigenvalue weighted by molar-refractivity contribution is -0.115. The molecule has 1 atom stereocenters. The number of nitrogens with two attached hydrogens (primary N) is 1. The number of aromatic nitrogens is 2. The van der Waals surface area contributed by atoms with Crippen molar-refractivity contribution in [1.82, 2.24) is 14.9 Å². The van der Waals surface area contributed by atoms with Crippen molar-refractivity contribution in [1.29, 1.82) is 0 Å². The summed E-state index contributed by atoms with van der Waals surface area (Å²) >= 11 is 3.44. The van der Waals surface area contributed by atoms with Gasteiger partial charge in [0.1, 0.15) is 5.82 Å². The summed E-state index contributed by atoms with van der Waals surface area (Å²) in [5, 5.41) is 18.5. The first-order valence-corrected chi connectivity index (χ1v) is 10.9. The maximum Gasteiger partial charge on any atom is 0.407 e. The molecule has 1 saturated heterocycles. The van der Waals surface area contributed by atoms with Gasteiger partial charge in [-0.25, -0.2) is 9.78 Å². The number of fused-ring (bicyclic) bond motifs is 1. The number of nitrogens with zero attached hydrogens (tertiary/aromatic N) is 3. The number of rotatable bonds is 4. The van der Waals surface area contributed by atoms with E-state index < -0.39 is 6.09 Å². The SMILES string of the molecule is CCN.O=C1Cc2cc(Nc3ncc(Br)c(NC4CCCN(C(=O)O)C4)n3)ccc2N1. The monoisotopic (exact) mass is 491 g/mol. The van der Waals surface area contributed by atoms with Crippen LogP contribution in [0.3, 0.4) is 0 Å². The Morgan fingerprint density at radius 1 is 1.45 bits per heavy atom. The predicted octanol–water partition coefficient (Wildman–Crippen LogP) is 3.00. The van der Waals surface area contributed by atoms with E-state index in [0.717, 1.165) is 36.3 Å². The number of hydrogen-bond donors (Lipinski definition) is 5. The number of hydrogen-bond acceptors (Lipinski definition) is 7. The van der Waals surface area contributed by atoms with E-state index in [2.05, 4.69) is 41.8 Å². The van der Waals surface area contributed by atoms with Gasteiger partial charge < -0.3 is 31.7 Å². The summed E-state index contributed by atoms with van der Waals surface area (Å²) in [4.78, 5) is 32.9. The Balaban J connectivity index is 0.000000858. The van der Waals surface area contributed by atoms with Crippen molar-refractivity contribution in [3.8, 4) is 0 Å². The van der Waals surface area contributed by atoms with Crippen LogP contribution in [0.2, 0.25) is 0 Å². The van der Waals surface area contributed by atoms with Crippen molar-refractivity contribution in [3.63, 3.8) is 0 Å². The van der Waals surface area contributed by atoms with E-state index in [9.17, 15) is 14.7 Å². The highest BCUT2D eigenvalue weighted by Gasteiger charge is 2.24. The van der Waals surface area contributed by atoms with Gasteiger partial charge in [0, 0.05) is 36.7 Å². The Labute approximate surface area is 188 Å². The predicted molar refractivity (Wildman–Crippen MR) is 123 cm³/mol. The first-order valence-electron chi connectivity index (χ1n) is 10.1. The number of carbonyl (C=O) groups excluding carboxylic acids is 1. The molecule has 4 rings (SSSR count). The van der Waals surface area contributed by atoms with Gasteiger partial charge in [-0.1, -0.05) is 6.92 Å². The Morgan fingerprint density at radius 3 is 2.97 bits per heavy atom. The highest BCUT2D eigenvalue weighted by atomic mass is 79.9. The Bertz CT molecular complexity index is 956. The molecule has 1 aromatic heterocycles. The first kappa shape index (κ1) is 22.8. The second kappa shape index (κ2) is 10.4. The van der Waals surface area contributed by atoms with Crippen molar-refractivity contribution in [2.24, 2.45) is 5.73 Å². The van der Waals surface area contributed by atoms with Gasteiger partial charge in [-0.2, -0.15) is 4.98 Å². The van der Waals surface area contributed by atoms with Crippen molar-refractivity contribution in [2.75, 3.05) is 35.6 Å². The van der Waals surface area contributed by atoms with Crippen LogP contribution in [0.15, 0.2) is 28.9 Å². The molecule has 0 bridgehead atoms. The zero-order valence-corrected chi connectivity index (χ0v) is 18.8. The molecule has 1 unspecified atom stereocenters. The number of amides is 2. The van der Waals surface area contributed by atoms with E-state index in [-0.39, 0.29) is 11.9 Å². The molecule has 0 saturated carbocycles. The van der Waals surface area contributed by atoms with Gasteiger partial charge in [-0.05, 0) is 59.1 Å². The minimum Gasteiger partial charge on any atom is -0.465 e. The highest BCUT2D eigenvalue weighted by Crippen LogP contribution is 2.28. The molecular weight excluding hydrogens is 466 g/mol. The van der Waals surface area contributed by atoms with E-state index in [1.165, 1.54) is 4.90 Å². The third kappa shape index (κ3) is 6.05. The van der Waals surface area contributed by atoms with Crippen LogP contribution in [-0.2, 0) is 11.2 Å². The molecule has 6 N–H and O–H groups in total. The molecule has 0 aliphatic carbocycles. The van der Waals surface area contributed by atoms with Crippen LogP contribution in [-0.4, -0.2) is 57.7 Å². The lowest BCUT2D eigenvalue weighted by Crippen LogP contribution is -2.44. The number of benzene rings is 1. The fourth-order valence-corrected chi connectivity index (χ4v) is 3.73. The molecule has 2 amide bonds. The number of nitrogens with one attached hydrogen (secondary N) is 3. The topological polar surface area (TPSA) is 146 Å². The first-order chi connectivity index (χ1) is 14.9. The fraction of sp³-hybridized carbons (Fsp3) is 0.400. The van der Waals surface area contributed by atoms with Gasteiger partial charge in [-0.3, -0.25) is 4.79 Å². The van der Waals surface area contributed by atoms with Crippen LogP contribution in [0.1, 0.15) is 25.3 Å². The molecule has 0 spiro atoms. The van der Waals surface area contributed by atoms with Crippen LogP contribution in [0.4, 0.5) is 27.9 Å². The molecule has 2 aromatic rings. The third-order valence-corrected chi connectivity index (χ3v) is 5.34. The molecule has 11 heteroatoms.